The van der Waals surface area contributed by atoms with Gasteiger partial charge in [0.1, 0.15) is 24.4 Å². The lowest BCUT2D eigenvalue weighted by Gasteiger charge is -2.41. The molecule has 1 heterocycles. The number of carbonyl (C=O) groups excluding carboxylic acids is 2. The molecule has 90 heavy (non-hydrogen) atoms. The zero-order chi connectivity index (χ0) is 65.3. The summed E-state index contributed by atoms with van der Waals surface area (Å²) in [5.74, 6) is -1.21. The van der Waals surface area contributed by atoms with Crippen molar-refractivity contribution in [3.05, 3.63) is 122 Å². The number of allylic oxidation sites excluding steroid dienone is 19. The number of unbranched alkanes of at least 4 members (excludes halogenated alkanes) is 30. The van der Waals surface area contributed by atoms with Crippen LogP contribution >= 0.6 is 0 Å². The minimum atomic E-state index is -1.63. The van der Waals surface area contributed by atoms with Gasteiger partial charge in [-0.1, -0.05) is 303 Å². The van der Waals surface area contributed by atoms with Crippen LogP contribution in [0.15, 0.2) is 122 Å². The van der Waals surface area contributed by atoms with Gasteiger partial charge < -0.3 is 45.1 Å². The summed E-state index contributed by atoms with van der Waals surface area (Å²) in [6.07, 6.45) is 80.8. The van der Waals surface area contributed by atoms with E-state index in [4.69, 9.17) is 14.2 Å². The molecule has 6 N–H and O–H groups in total. The fourth-order valence-electron chi connectivity index (χ4n) is 10.8. The molecule has 1 fully saturated rings. The Morgan fingerprint density at radius 2 is 0.800 bits per heavy atom. The molecule has 1 rings (SSSR count). The lowest BCUT2D eigenvalue weighted by atomic mass is 9.99. The van der Waals surface area contributed by atoms with Crippen molar-refractivity contribution in [1.29, 1.82) is 0 Å². The molecule has 0 aromatic heterocycles. The largest absolute Gasteiger partial charge is 0.454 e. The molecule has 8 unspecified atom stereocenters. The molecular weight excluding hydrogens is 1120 g/mol. The highest BCUT2D eigenvalue weighted by Gasteiger charge is 2.47. The van der Waals surface area contributed by atoms with Gasteiger partial charge in [-0.05, 0) is 116 Å². The summed E-state index contributed by atoms with van der Waals surface area (Å²) in [4.78, 5) is 26.7. The molecule has 1 saturated heterocycles. The second kappa shape index (κ2) is 65.1. The monoisotopic (exact) mass is 1260 g/mol. The van der Waals surface area contributed by atoms with Gasteiger partial charge in [0, 0.05) is 6.42 Å². The highest BCUT2D eigenvalue weighted by Crippen LogP contribution is 2.26. The van der Waals surface area contributed by atoms with Gasteiger partial charge in [-0.2, -0.15) is 0 Å². The molecule has 0 aromatic carbocycles. The van der Waals surface area contributed by atoms with Crippen LogP contribution < -0.4 is 5.32 Å². The van der Waals surface area contributed by atoms with Crippen LogP contribution in [0.5, 0.6) is 0 Å². The number of hydrogen-bond acceptors (Lipinski definition) is 10. The average molecular weight is 1260 g/mol. The summed E-state index contributed by atoms with van der Waals surface area (Å²) in [5, 5.41) is 57.3. The summed E-state index contributed by atoms with van der Waals surface area (Å²) in [7, 11) is 0. The van der Waals surface area contributed by atoms with E-state index < -0.39 is 67.4 Å². The Labute approximate surface area is 550 Å². The van der Waals surface area contributed by atoms with Crippen molar-refractivity contribution in [2.24, 2.45) is 0 Å². The molecule has 8 atom stereocenters. The molecule has 0 spiro atoms. The first-order valence-electron chi connectivity index (χ1n) is 36.8. The van der Waals surface area contributed by atoms with E-state index in [0.717, 1.165) is 141 Å². The van der Waals surface area contributed by atoms with Crippen molar-refractivity contribution in [2.75, 3.05) is 13.2 Å². The smallest absolute Gasteiger partial charge is 0.306 e. The van der Waals surface area contributed by atoms with Gasteiger partial charge in [0.2, 0.25) is 5.91 Å². The fraction of sp³-hybridized carbons (Fsp3) is 0.722. The van der Waals surface area contributed by atoms with Gasteiger partial charge >= 0.3 is 5.97 Å². The van der Waals surface area contributed by atoms with Gasteiger partial charge in [0.15, 0.2) is 12.4 Å². The molecule has 1 aliphatic rings. The van der Waals surface area contributed by atoms with Crippen molar-refractivity contribution in [1.82, 2.24) is 5.32 Å². The van der Waals surface area contributed by atoms with Crippen LogP contribution in [-0.2, 0) is 23.8 Å². The summed E-state index contributed by atoms with van der Waals surface area (Å²) >= 11 is 0. The maximum Gasteiger partial charge on any atom is 0.306 e. The molecule has 11 heteroatoms. The minimum absolute atomic E-state index is 0.106. The molecule has 0 aromatic rings. The summed E-state index contributed by atoms with van der Waals surface area (Å²) < 4.78 is 17.7. The number of nitrogens with one attached hydrogen (secondary N) is 1. The van der Waals surface area contributed by atoms with E-state index in [9.17, 15) is 35.1 Å². The fourth-order valence-corrected chi connectivity index (χ4v) is 10.8. The maximum atomic E-state index is 13.5. The molecule has 1 amide bonds. The van der Waals surface area contributed by atoms with E-state index in [0.29, 0.717) is 12.8 Å². The minimum Gasteiger partial charge on any atom is -0.454 e. The third kappa shape index (κ3) is 51.6. The Hall–Kier alpha value is -3.94. The van der Waals surface area contributed by atoms with Crippen molar-refractivity contribution >= 4 is 11.9 Å². The van der Waals surface area contributed by atoms with Gasteiger partial charge in [0.05, 0.1) is 25.4 Å². The summed E-state index contributed by atoms with van der Waals surface area (Å²) in [6.45, 7) is 5.66. The number of aliphatic hydroxyl groups is 5. The quantitative estimate of drug-likeness (QED) is 0.0195. The zero-order valence-electron chi connectivity index (χ0n) is 57.5. The molecule has 0 radical (unpaired) electrons. The van der Waals surface area contributed by atoms with Crippen molar-refractivity contribution < 1.29 is 49.3 Å². The Kier molecular flexibility index (Phi) is 60.8. The van der Waals surface area contributed by atoms with Crippen LogP contribution in [-0.4, -0.2) is 99.6 Å². The topological polar surface area (TPSA) is 175 Å². The van der Waals surface area contributed by atoms with Gasteiger partial charge in [-0.15, -0.1) is 0 Å². The first-order valence-corrected chi connectivity index (χ1v) is 36.8. The number of ether oxygens (including phenoxy) is 3. The lowest BCUT2D eigenvalue weighted by Crippen LogP contribution is -2.61. The lowest BCUT2D eigenvalue weighted by molar-refractivity contribution is -0.305. The standard InChI is InChI=1S/C79H135NO10/c1-4-7-10-13-16-19-22-25-27-29-31-33-35-36-37-39-40-42-44-46-48-51-54-57-60-63-66-72(83)78(87)80-70(71(82)65-62-59-56-53-50-24-21-18-15-12-9-6-3)69-88-79-77(76(86)75(85)73(68-81)89-79)90-74(84)67-64-61-58-55-52-49-47-45-43-41-38-34-32-30-28-26-23-20-17-14-11-8-5-2/h7,10,16-17,19-20,25-28,31-34,36-37,41,43,62,65,70-73,75-77,79,81-83,85-86H,4-6,8-9,11-15,18,21-24,29-30,35,38-40,42,44-61,63-64,66-69H2,1-3H3,(H,80,87)/b10-7-,19-16-,20-17-,27-25-,28-26-,33-31-,34-32-,37-36-,43-41-,65-62+. The molecule has 11 nitrogen and oxygen atoms in total. The first kappa shape index (κ1) is 84.1. The molecule has 1 aliphatic heterocycles. The SMILES string of the molecule is CC/C=C\C/C=C\C/C=C\C/C=C\C/C=C\CCCCCCCCCCCCC(O)C(=O)NC(COC1OC(CO)C(O)C(O)C1OC(=O)CCCCCCCCC/C=C\C/C=C\C/C=C\C/C=C\CCCCC)C(O)/C=C/CCCCCCCCCCCC. The Morgan fingerprint density at radius 1 is 0.444 bits per heavy atom. The van der Waals surface area contributed by atoms with Crippen molar-refractivity contribution in [3.63, 3.8) is 0 Å². The Balaban J connectivity index is 2.57. The third-order valence-electron chi connectivity index (χ3n) is 16.6. The van der Waals surface area contributed by atoms with E-state index in [1.807, 2.05) is 6.08 Å². The van der Waals surface area contributed by atoms with Crippen LogP contribution in [0.3, 0.4) is 0 Å². The van der Waals surface area contributed by atoms with Crippen molar-refractivity contribution in [2.45, 2.75) is 352 Å². The molecule has 0 bridgehead atoms. The van der Waals surface area contributed by atoms with Crippen LogP contribution in [0.25, 0.3) is 0 Å². The highest BCUT2D eigenvalue weighted by molar-refractivity contribution is 5.80. The number of rotatable bonds is 62. The predicted octanol–water partition coefficient (Wildman–Crippen LogP) is 19.3. The molecule has 0 aliphatic carbocycles. The highest BCUT2D eigenvalue weighted by atomic mass is 16.7. The van der Waals surface area contributed by atoms with E-state index >= 15 is 0 Å². The average Bonchev–Trinajstić information content (AvgIpc) is 1.11. The number of aliphatic hydroxyl groups excluding tert-OH is 5. The molecule has 516 valence electrons. The summed E-state index contributed by atoms with van der Waals surface area (Å²) in [6, 6.07) is -1.04. The Bertz CT molecular complexity index is 1930. The number of amides is 1. The summed E-state index contributed by atoms with van der Waals surface area (Å²) in [5.41, 5.74) is 0. The molecular formula is C79H135NO10. The van der Waals surface area contributed by atoms with Gasteiger partial charge in [-0.25, -0.2) is 0 Å². The van der Waals surface area contributed by atoms with E-state index in [2.05, 4.69) is 135 Å². The van der Waals surface area contributed by atoms with E-state index in [1.54, 1.807) is 6.08 Å². The van der Waals surface area contributed by atoms with Gasteiger partial charge in [-0.3, -0.25) is 9.59 Å². The van der Waals surface area contributed by atoms with Crippen LogP contribution in [0.1, 0.15) is 303 Å². The molecule has 0 saturated carbocycles. The number of esters is 1. The second-order valence-corrected chi connectivity index (χ2v) is 24.9. The Morgan fingerprint density at radius 3 is 1.22 bits per heavy atom. The third-order valence-corrected chi connectivity index (χ3v) is 16.6. The van der Waals surface area contributed by atoms with Crippen LogP contribution in [0.4, 0.5) is 0 Å². The van der Waals surface area contributed by atoms with Crippen LogP contribution in [0.2, 0.25) is 0 Å². The van der Waals surface area contributed by atoms with Crippen molar-refractivity contribution in [3.8, 4) is 0 Å². The zero-order valence-corrected chi connectivity index (χ0v) is 57.5. The predicted molar refractivity (Wildman–Crippen MR) is 379 cm³/mol. The van der Waals surface area contributed by atoms with Gasteiger partial charge in [0.25, 0.3) is 0 Å². The maximum absolute atomic E-state index is 13.5. The number of hydrogen-bond donors (Lipinski definition) is 6. The van der Waals surface area contributed by atoms with E-state index in [-0.39, 0.29) is 19.4 Å². The number of carbonyl (C=O) groups is 2. The van der Waals surface area contributed by atoms with E-state index in [1.165, 1.54) is 116 Å². The second-order valence-electron chi connectivity index (χ2n) is 24.9. The first-order chi connectivity index (χ1) is 44.2. The van der Waals surface area contributed by atoms with Crippen LogP contribution in [0, 0.1) is 0 Å². The normalized spacial score (nSPS) is 18.8.